The Balaban J connectivity index is 1.89. The molecule has 2 aromatic rings. The van der Waals surface area contributed by atoms with Gasteiger partial charge in [-0.15, -0.1) is 6.58 Å². The van der Waals surface area contributed by atoms with Crippen molar-refractivity contribution in [2.45, 2.75) is 24.3 Å². The Morgan fingerprint density at radius 2 is 1.62 bits per heavy atom. The summed E-state index contributed by atoms with van der Waals surface area (Å²) < 4.78 is 1.60. The molecule has 3 atom stereocenters. The largest absolute Gasteiger partial charge is 0.494 e. The molecular weight excluding hydrogens is 262 g/mol. The van der Waals surface area contributed by atoms with Crippen LogP contribution in [0.5, 0.6) is 11.8 Å². The zero-order valence-corrected chi connectivity index (χ0v) is 11.6. The number of aromatic nitrogens is 1. The fourth-order valence-electron chi connectivity index (χ4n) is 3.76. The van der Waals surface area contributed by atoms with Crippen molar-refractivity contribution < 1.29 is 10.2 Å². The van der Waals surface area contributed by atoms with Gasteiger partial charge in [-0.1, -0.05) is 48.6 Å². The van der Waals surface area contributed by atoms with E-state index in [-0.39, 0.29) is 29.6 Å². The molecule has 1 aromatic heterocycles. The highest BCUT2D eigenvalue weighted by molar-refractivity contribution is 5.59. The third-order valence-corrected chi connectivity index (χ3v) is 4.70. The topological polar surface area (TPSA) is 45.4 Å². The van der Waals surface area contributed by atoms with Gasteiger partial charge >= 0.3 is 0 Å². The van der Waals surface area contributed by atoms with Gasteiger partial charge in [-0.2, -0.15) is 0 Å². The van der Waals surface area contributed by atoms with Crippen LogP contribution in [0.4, 0.5) is 0 Å². The Morgan fingerprint density at radius 3 is 2.14 bits per heavy atom. The Hall–Kier alpha value is -2.42. The molecule has 2 N–H and O–H groups in total. The van der Waals surface area contributed by atoms with Gasteiger partial charge in [0.1, 0.15) is 0 Å². The highest BCUT2D eigenvalue weighted by Crippen LogP contribution is 2.57. The van der Waals surface area contributed by atoms with Crippen molar-refractivity contribution in [3.63, 3.8) is 0 Å². The van der Waals surface area contributed by atoms with Gasteiger partial charge in [0.25, 0.3) is 0 Å². The molecule has 1 aromatic carbocycles. The van der Waals surface area contributed by atoms with Crippen LogP contribution in [0.3, 0.4) is 0 Å². The monoisotopic (exact) mass is 279 g/mol. The predicted molar refractivity (Wildman–Crippen MR) is 81.8 cm³/mol. The van der Waals surface area contributed by atoms with Gasteiger partial charge in [0.15, 0.2) is 11.8 Å². The predicted octanol–water partition coefficient (Wildman–Crippen LogP) is 3.82. The molecule has 0 saturated carbocycles. The molecule has 3 nitrogen and oxygen atoms in total. The SMILES string of the molecule is C=CC(c1ccccc1)n1c(O)c2c(c1O)C1C=CC2C1. The normalized spacial score (nSPS) is 23.2. The number of hydrogen-bond acceptors (Lipinski definition) is 2. The standard InChI is InChI=1S/C18H17NO2/c1-2-14(11-6-4-3-5-7-11)19-17(20)15-12-8-9-13(10-12)16(15)18(19)21/h2-9,12-14,20-21H,1,10H2. The molecule has 0 amide bonds. The van der Waals surface area contributed by atoms with Crippen LogP contribution in [0.1, 0.15) is 41.0 Å². The summed E-state index contributed by atoms with van der Waals surface area (Å²) in [6.45, 7) is 3.87. The van der Waals surface area contributed by atoms with E-state index < -0.39 is 0 Å². The zero-order valence-electron chi connectivity index (χ0n) is 11.6. The lowest BCUT2D eigenvalue weighted by atomic mass is 10.0. The molecule has 0 spiro atoms. The van der Waals surface area contributed by atoms with E-state index >= 15 is 0 Å². The van der Waals surface area contributed by atoms with Crippen molar-refractivity contribution in [1.82, 2.24) is 4.57 Å². The third kappa shape index (κ3) is 1.54. The summed E-state index contributed by atoms with van der Waals surface area (Å²) >= 11 is 0. The molecule has 0 aliphatic heterocycles. The van der Waals surface area contributed by atoms with E-state index in [4.69, 9.17) is 0 Å². The van der Waals surface area contributed by atoms with Crippen LogP contribution in [0.2, 0.25) is 0 Å². The maximum Gasteiger partial charge on any atom is 0.198 e. The lowest BCUT2D eigenvalue weighted by molar-refractivity contribution is 0.359. The molecule has 0 fully saturated rings. The highest BCUT2D eigenvalue weighted by Gasteiger charge is 2.41. The number of fused-ring (bicyclic) bond motifs is 5. The molecule has 3 unspecified atom stereocenters. The first-order chi connectivity index (χ1) is 10.2. The van der Waals surface area contributed by atoms with E-state index in [0.717, 1.165) is 23.1 Å². The summed E-state index contributed by atoms with van der Waals surface area (Å²) in [6.07, 6.45) is 6.97. The number of hydrogen-bond donors (Lipinski definition) is 2. The van der Waals surface area contributed by atoms with E-state index in [2.05, 4.69) is 18.7 Å². The van der Waals surface area contributed by atoms with Gasteiger partial charge in [0, 0.05) is 23.0 Å². The molecule has 0 saturated heterocycles. The summed E-state index contributed by atoms with van der Waals surface area (Å²) in [7, 11) is 0. The van der Waals surface area contributed by atoms with Crippen molar-refractivity contribution in [3.05, 3.63) is 71.8 Å². The van der Waals surface area contributed by atoms with Crippen molar-refractivity contribution in [2.24, 2.45) is 0 Å². The Bertz CT molecular complexity index is 707. The summed E-state index contributed by atoms with van der Waals surface area (Å²) in [6, 6.07) is 9.52. The van der Waals surface area contributed by atoms with E-state index in [1.54, 1.807) is 10.6 Å². The Kier molecular flexibility index (Phi) is 2.52. The third-order valence-electron chi connectivity index (χ3n) is 4.70. The molecule has 1 heterocycles. The van der Waals surface area contributed by atoms with Crippen LogP contribution in [0, 0.1) is 0 Å². The summed E-state index contributed by atoms with van der Waals surface area (Å²) in [5.74, 6) is 0.818. The summed E-state index contributed by atoms with van der Waals surface area (Å²) in [4.78, 5) is 0. The second-order valence-electron chi connectivity index (χ2n) is 5.77. The number of allylic oxidation sites excluding steroid dienone is 3. The van der Waals surface area contributed by atoms with E-state index in [0.29, 0.717) is 0 Å². The second-order valence-corrected chi connectivity index (χ2v) is 5.77. The number of aromatic hydroxyl groups is 2. The number of nitrogens with zero attached hydrogens (tertiary/aromatic N) is 1. The van der Waals surface area contributed by atoms with Gasteiger partial charge in [-0.05, 0) is 12.0 Å². The number of rotatable bonds is 3. The molecule has 2 aliphatic rings. The van der Waals surface area contributed by atoms with Crippen LogP contribution in [0.25, 0.3) is 0 Å². The lowest BCUT2D eigenvalue weighted by Gasteiger charge is -2.18. The maximum absolute atomic E-state index is 10.6. The Morgan fingerprint density at radius 1 is 1.05 bits per heavy atom. The van der Waals surface area contributed by atoms with E-state index in [1.165, 1.54) is 0 Å². The van der Waals surface area contributed by atoms with Crippen LogP contribution in [0.15, 0.2) is 55.1 Å². The fourth-order valence-corrected chi connectivity index (χ4v) is 3.76. The molecular formula is C18H17NO2. The van der Waals surface area contributed by atoms with Crippen molar-refractivity contribution in [1.29, 1.82) is 0 Å². The van der Waals surface area contributed by atoms with E-state index in [9.17, 15) is 10.2 Å². The molecule has 106 valence electrons. The molecule has 2 bridgehead atoms. The molecule has 4 rings (SSSR count). The van der Waals surface area contributed by atoms with Gasteiger partial charge in [-0.3, -0.25) is 4.57 Å². The van der Waals surface area contributed by atoms with Crippen molar-refractivity contribution in [3.8, 4) is 11.8 Å². The van der Waals surface area contributed by atoms with Crippen molar-refractivity contribution >= 4 is 0 Å². The molecule has 2 aliphatic carbocycles. The maximum atomic E-state index is 10.6. The number of benzene rings is 1. The Labute approximate surface area is 123 Å². The van der Waals surface area contributed by atoms with Crippen LogP contribution >= 0.6 is 0 Å². The average molecular weight is 279 g/mol. The average Bonchev–Trinajstić information content (AvgIpc) is 3.18. The molecule has 21 heavy (non-hydrogen) atoms. The van der Waals surface area contributed by atoms with Crippen LogP contribution < -0.4 is 0 Å². The van der Waals surface area contributed by atoms with Crippen LogP contribution in [-0.4, -0.2) is 14.8 Å². The summed E-state index contributed by atoms with van der Waals surface area (Å²) in [5, 5.41) is 21.3. The van der Waals surface area contributed by atoms with Gasteiger partial charge in [0.2, 0.25) is 0 Å². The van der Waals surface area contributed by atoms with Gasteiger partial charge < -0.3 is 10.2 Å². The van der Waals surface area contributed by atoms with Crippen LogP contribution in [-0.2, 0) is 0 Å². The first-order valence-electron chi connectivity index (χ1n) is 7.24. The fraction of sp³-hybridized carbons (Fsp3) is 0.222. The second kappa shape index (κ2) is 4.29. The smallest absolute Gasteiger partial charge is 0.198 e. The molecule has 3 heteroatoms. The highest BCUT2D eigenvalue weighted by atomic mass is 16.3. The van der Waals surface area contributed by atoms with Gasteiger partial charge in [0.05, 0.1) is 6.04 Å². The zero-order chi connectivity index (χ0) is 14.6. The quantitative estimate of drug-likeness (QED) is 0.839. The van der Waals surface area contributed by atoms with Gasteiger partial charge in [-0.25, -0.2) is 0 Å². The minimum absolute atomic E-state index is 0.174. The first kappa shape index (κ1) is 12.3. The van der Waals surface area contributed by atoms with Crippen molar-refractivity contribution in [2.75, 3.05) is 0 Å². The summed E-state index contributed by atoms with van der Waals surface area (Å²) in [5.41, 5.74) is 2.78. The first-order valence-corrected chi connectivity index (χ1v) is 7.24. The van der Waals surface area contributed by atoms with E-state index in [1.807, 2.05) is 30.3 Å². The molecule has 0 radical (unpaired) electrons. The minimum atomic E-state index is -0.267. The lowest BCUT2D eigenvalue weighted by Crippen LogP contribution is -2.07. The minimum Gasteiger partial charge on any atom is -0.494 e.